The monoisotopic (exact) mass is 1600 g/mol. The Morgan fingerprint density at radius 1 is 0.207 bits per heavy atom. The van der Waals surface area contributed by atoms with Crippen molar-refractivity contribution in [2.75, 3.05) is 0 Å². The van der Waals surface area contributed by atoms with Gasteiger partial charge in [-0.15, -0.1) is 4.13 Å². The summed E-state index contributed by atoms with van der Waals surface area (Å²) in [4.78, 5) is -2.36. The lowest BCUT2D eigenvalue weighted by Crippen LogP contribution is -2.30. The third-order valence-corrected chi connectivity index (χ3v) is 22.9. The first-order valence-electron chi connectivity index (χ1n) is 32.1. The molecule has 14 aromatic carbocycles. The Morgan fingerprint density at radius 3 is 0.784 bits per heavy atom. The van der Waals surface area contributed by atoms with Crippen molar-refractivity contribution in [3.8, 4) is 77.9 Å². The van der Waals surface area contributed by atoms with Gasteiger partial charge in [-0.1, -0.05) is 72.8 Å². The number of fused-ring (bicyclic) bond motifs is 11. The first-order chi connectivity index (χ1) is 51.5. The van der Waals surface area contributed by atoms with Crippen LogP contribution in [0.5, 0.6) is 0 Å². The summed E-state index contributed by atoms with van der Waals surface area (Å²) >= 11 is 0. The number of benzene rings is 14. The topological polar surface area (TPSA) is 80.3 Å². The van der Waals surface area contributed by atoms with Gasteiger partial charge in [0.25, 0.3) is 20.0 Å². The Morgan fingerprint density at radius 2 is 0.468 bits per heavy atom. The maximum atomic E-state index is 16.1. The average Bonchev–Trinajstić information content (AvgIpc) is 1.60. The van der Waals surface area contributed by atoms with E-state index in [-0.39, 0.29) is 21.5 Å². The lowest BCUT2D eigenvalue weighted by Gasteiger charge is -2.22. The third kappa shape index (κ3) is 13.6. The van der Waals surface area contributed by atoms with Gasteiger partial charge in [0.05, 0.1) is 54.3 Å². The van der Waals surface area contributed by atoms with E-state index < -0.39 is 245 Å². The molecule has 15 rings (SSSR count). The van der Waals surface area contributed by atoms with Crippen LogP contribution in [0, 0.1) is 0 Å². The quantitative estimate of drug-likeness (QED) is 0.168. The molecule has 0 atom stereocenters. The molecule has 1 heterocycles. The number of nitrogens with one attached hydrogen (secondary N) is 1. The molecule has 0 spiro atoms. The molecule has 0 bridgehead atoms. The number of hydrogen-bond donors (Lipinski definition) is 1. The zero-order valence-electron chi connectivity index (χ0n) is 54.8. The number of sulfonamides is 2. The Bertz CT molecular complexity index is 6450. The largest absolute Gasteiger partial charge is 0.417 e. The number of rotatable bonds is 6. The lowest BCUT2D eigenvalue weighted by molar-refractivity contribution is -0.138. The van der Waals surface area contributed by atoms with Gasteiger partial charge in [0.2, 0.25) is 0 Å². The molecule has 31 heteroatoms. The summed E-state index contributed by atoms with van der Waals surface area (Å²) in [6.07, 6.45) is -42.5. The van der Waals surface area contributed by atoms with Crippen molar-refractivity contribution in [2.24, 2.45) is 0 Å². The Labute approximate surface area is 608 Å². The molecule has 1 aliphatic heterocycles. The maximum absolute atomic E-state index is 16.1. The minimum Gasteiger partial charge on any atom is -0.206 e. The van der Waals surface area contributed by atoms with Gasteiger partial charge in [0.1, 0.15) is 0 Å². The number of halogens is 24. The second kappa shape index (κ2) is 25.2. The number of hydrogen-bond acceptors (Lipinski definition) is 4. The molecule has 0 saturated heterocycles. The van der Waals surface area contributed by atoms with Crippen molar-refractivity contribution >= 4 is 84.7 Å². The second-order valence-electron chi connectivity index (χ2n) is 26.2. The fourth-order valence-electron chi connectivity index (χ4n) is 14.3. The first-order valence-corrected chi connectivity index (χ1v) is 35.1. The van der Waals surface area contributed by atoms with E-state index in [1.54, 1.807) is 4.13 Å². The van der Waals surface area contributed by atoms with Crippen molar-refractivity contribution in [3.63, 3.8) is 0 Å². The van der Waals surface area contributed by atoms with Crippen LogP contribution in [0.3, 0.4) is 0 Å². The standard InChI is InChI=1S/C80H37F24NO4S2/c81-73(82,83)50-13-9-37-30-68(80(102,103)104)65(29-43(37)26-50)47-18-46(64-36-56(79(99,100)101)25-42-12-16-53(33-61(42)64)76(90,91)92)21-49(22-47)67-28-39-6-2-4-8-58(39)70-69-57-7-3-1-5-38(57)27-66(71(69)110(106,107)105-111(108,109)72(67)70)48-19-44(62-34-54(77(93,94)95)23-40-10-14-51(31-59(40)62)74(84,85)86)17-45(20-48)63-35-55(78(96,97)98)24-41-11-15-52(32-60(41)63)75(87,88)89/h1-36,105H. The molecule has 1 N–H and O–H groups in total. The van der Waals surface area contributed by atoms with Crippen LogP contribution in [0.2, 0.25) is 0 Å². The molecule has 566 valence electrons. The molecule has 14 aromatic rings. The van der Waals surface area contributed by atoms with E-state index in [1.165, 1.54) is 48.5 Å². The molecule has 1 aliphatic rings. The van der Waals surface area contributed by atoms with Gasteiger partial charge in [-0.2, -0.15) is 105 Å². The van der Waals surface area contributed by atoms with Crippen LogP contribution in [-0.4, -0.2) is 16.8 Å². The van der Waals surface area contributed by atoms with Crippen LogP contribution in [0.15, 0.2) is 228 Å². The highest BCUT2D eigenvalue weighted by Crippen LogP contribution is 2.55. The molecule has 0 fully saturated rings. The van der Waals surface area contributed by atoms with E-state index in [1.807, 2.05) is 0 Å². The van der Waals surface area contributed by atoms with Gasteiger partial charge < -0.3 is 0 Å². The summed E-state index contributed by atoms with van der Waals surface area (Å²) in [5.41, 5.74) is -23.2. The maximum Gasteiger partial charge on any atom is 0.417 e. The van der Waals surface area contributed by atoms with Crippen LogP contribution in [-0.2, 0) is 69.5 Å². The summed E-state index contributed by atoms with van der Waals surface area (Å²) in [6.45, 7) is 0. The van der Waals surface area contributed by atoms with E-state index in [0.717, 1.165) is 48.5 Å². The van der Waals surface area contributed by atoms with E-state index in [0.29, 0.717) is 121 Å². The predicted molar refractivity (Wildman–Crippen MR) is 367 cm³/mol. The molecule has 0 unspecified atom stereocenters. The van der Waals surface area contributed by atoms with Gasteiger partial charge in [-0.25, -0.2) is 16.8 Å². The highest BCUT2D eigenvalue weighted by Gasteiger charge is 2.44. The molecule has 5 nitrogen and oxygen atoms in total. The summed E-state index contributed by atoms with van der Waals surface area (Å²) < 4.78 is 426. The summed E-state index contributed by atoms with van der Waals surface area (Å²) in [7, 11) is -12.0. The Balaban J connectivity index is 1.11. The molecule has 0 radical (unpaired) electrons. The minimum atomic E-state index is -6.02. The Kier molecular flexibility index (Phi) is 17.1. The normalized spacial score (nSPS) is 14.6. The van der Waals surface area contributed by atoms with Crippen molar-refractivity contribution in [2.45, 2.75) is 59.2 Å². The van der Waals surface area contributed by atoms with Gasteiger partial charge in [0, 0.05) is 22.3 Å². The molecular weight excluding hydrogens is 1560 g/mol. The number of alkyl halides is 24. The summed E-state index contributed by atoms with van der Waals surface area (Å²) in [5, 5.41) is -5.57. The first kappa shape index (κ1) is 75.2. The SMILES string of the molecule is O=S1(=O)NS(=O)(=O)c2c(-c3cc(-c4cc(C(F)(F)F)cc5ccc(C(F)(F)F)cc45)cc(-c4cc(C(F)(F)F)cc5ccc(C(F)(F)F)cc45)c3)cc3ccccc3c2-c2c1c(-c1cc(-c3cc4cc(C(F)(F)F)ccc4cc3C(F)(F)F)cc(-c3cc(C(F)(F)F)cc4ccc(C(F)(F)F)cc34)c1)cc1ccccc21. The van der Waals surface area contributed by atoms with Crippen molar-refractivity contribution in [1.29, 1.82) is 0 Å². The van der Waals surface area contributed by atoms with Gasteiger partial charge >= 0.3 is 49.4 Å². The fourth-order valence-corrected chi connectivity index (χ4v) is 18.0. The van der Waals surface area contributed by atoms with Crippen LogP contribution in [0.1, 0.15) is 44.5 Å². The zero-order chi connectivity index (χ0) is 79.9. The summed E-state index contributed by atoms with van der Waals surface area (Å²) in [5.74, 6) is 0. The van der Waals surface area contributed by atoms with Gasteiger partial charge in [0.15, 0.2) is 0 Å². The van der Waals surface area contributed by atoms with E-state index in [9.17, 15) is 52.7 Å². The molecular formula is C80H37F24NO4S2. The highest BCUT2D eigenvalue weighted by molar-refractivity contribution is 8.05. The smallest absolute Gasteiger partial charge is 0.206 e. The fraction of sp³-hybridized carbons (Fsp3) is 0.100. The lowest BCUT2D eigenvalue weighted by atomic mass is 9.84. The molecule has 0 amide bonds. The van der Waals surface area contributed by atoms with Crippen molar-refractivity contribution in [1.82, 2.24) is 4.13 Å². The van der Waals surface area contributed by atoms with Crippen LogP contribution in [0.4, 0.5) is 105 Å². The molecule has 0 saturated carbocycles. The molecule has 111 heavy (non-hydrogen) atoms. The second-order valence-corrected chi connectivity index (χ2v) is 29.7. The van der Waals surface area contributed by atoms with Crippen LogP contribution >= 0.6 is 0 Å². The van der Waals surface area contributed by atoms with Crippen LogP contribution in [0.25, 0.3) is 143 Å². The average molecular weight is 1600 g/mol. The van der Waals surface area contributed by atoms with Gasteiger partial charge in [-0.05, 0) is 266 Å². The van der Waals surface area contributed by atoms with E-state index >= 15 is 69.5 Å². The zero-order valence-corrected chi connectivity index (χ0v) is 56.4. The molecule has 0 aromatic heterocycles. The summed E-state index contributed by atoms with van der Waals surface area (Å²) in [6, 6.07) is 26.3. The molecule has 0 aliphatic carbocycles. The third-order valence-electron chi connectivity index (χ3n) is 19.2. The van der Waals surface area contributed by atoms with Crippen LogP contribution < -0.4 is 4.13 Å². The predicted octanol–water partition coefficient (Wildman–Crippen LogP) is 26.4. The Hall–Kier alpha value is -11.2. The van der Waals surface area contributed by atoms with Gasteiger partial charge in [-0.3, -0.25) is 0 Å². The van der Waals surface area contributed by atoms with Crippen molar-refractivity contribution in [3.05, 3.63) is 263 Å². The van der Waals surface area contributed by atoms with E-state index in [2.05, 4.69) is 0 Å². The minimum absolute atomic E-state index is 0.143. The van der Waals surface area contributed by atoms with E-state index in [4.69, 9.17) is 0 Å². The highest BCUT2D eigenvalue weighted by atomic mass is 32.3. The van der Waals surface area contributed by atoms with Crippen molar-refractivity contribution < 1.29 is 122 Å².